The molecular weight excluding hydrogens is 427 g/mol. The van der Waals surface area contributed by atoms with Crippen molar-refractivity contribution in [1.29, 1.82) is 0 Å². The van der Waals surface area contributed by atoms with Gasteiger partial charge in [0.05, 0.1) is 17.3 Å². The Labute approximate surface area is 189 Å². The molecule has 0 saturated heterocycles. The van der Waals surface area contributed by atoms with Gasteiger partial charge in [-0.05, 0) is 43.5 Å². The van der Waals surface area contributed by atoms with Crippen molar-refractivity contribution >= 4 is 11.9 Å². The molecule has 1 fully saturated rings. The Morgan fingerprint density at radius 3 is 2.67 bits per heavy atom. The van der Waals surface area contributed by atoms with Crippen molar-refractivity contribution < 1.29 is 17.9 Å². The third kappa shape index (κ3) is 3.37. The Morgan fingerprint density at radius 1 is 1.03 bits per heavy atom. The molecule has 1 aliphatic carbocycles. The van der Waals surface area contributed by atoms with E-state index in [2.05, 4.69) is 20.9 Å². The van der Waals surface area contributed by atoms with Crippen molar-refractivity contribution in [2.45, 2.75) is 43.5 Å². The van der Waals surface area contributed by atoms with Gasteiger partial charge in [-0.25, -0.2) is 0 Å². The summed E-state index contributed by atoms with van der Waals surface area (Å²) in [5.74, 6) is 0.893. The molecule has 0 amide bonds. The molecule has 0 radical (unpaired) electrons. The van der Waals surface area contributed by atoms with Crippen LogP contribution in [-0.2, 0) is 6.18 Å². The number of fused-ring (bicyclic) bond motifs is 2. The van der Waals surface area contributed by atoms with Gasteiger partial charge in [-0.15, -0.1) is 0 Å². The van der Waals surface area contributed by atoms with Gasteiger partial charge in [-0.3, -0.25) is 9.98 Å². The van der Waals surface area contributed by atoms with Crippen LogP contribution < -0.4 is 9.64 Å². The van der Waals surface area contributed by atoms with E-state index in [1.165, 1.54) is 12.3 Å². The fraction of sp³-hybridized carbons (Fsp3) is 0.308. The fourth-order valence-electron chi connectivity index (χ4n) is 5.22. The van der Waals surface area contributed by atoms with E-state index in [0.717, 1.165) is 54.3 Å². The highest BCUT2D eigenvalue weighted by Crippen LogP contribution is 2.52. The molecule has 6 rings (SSSR count). The lowest BCUT2D eigenvalue weighted by atomic mass is 9.72. The van der Waals surface area contributed by atoms with Gasteiger partial charge in [0.25, 0.3) is 0 Å². The van der Waals surface area contributed by atoms with Crippen molar-refractivity contribution in [3.05, 3.63) is 77.5 Å². The topological polar surface area (TPSA) is 37.7 Å². The molecule has 2 aliphatic heterocycles. The molecule has 0 bridgehead atoms. The first-order valence-electron chi connectivity index (χ1n) is 11.1. The minimum absolute atomic E-state index is 0.0347. The summed E-state index contributed by atoms with van der Waals surface area (Å²) < 4.78 is 47.4. The van der Waals surface area contributed by atoms with E-state index < -0.39 is 11.7 Å². The van der Waals surface area contributed by atoms with Crippen molar-refractivity contribution in [2.24, 2.45) is 4.99 Å². The summed E-state index contributed by atoms with van der Waals surface area (Å²) in [7, 11) is 0. The van der Waals surface area contributed by atoms with Crippen molar-refractivity contribution in [1.82, 2.24) is 4.98 Å². The number of alkyl halides is 3. The Bertz CT molecular complexity index is 1250. The number of benzene rings is 2. The molecule has 0 N–H and O–H groups in total. The summed E-state index contributed by atoms with van der Waals surface area (Å²) in [5.41, 5.74) is 2.35. The van der Waals surface area contributed by atoms with Crippen LogP contribution in [0.25, 0.3) is 11.3 Å². The van der Waals surface area contributed by atoms with E-state index in [4.69, 9.17) is 4.74 Å². The number of halogens is 3. The van der Waals surface area contributed by atoms with E-state index >= 15 is 0 Å². The number of nitrogens with zero attached hydrogens (tertiary/aromatic N) is 3. The summed E-state index contributed by atoms with van der Waals surface area (Å²) in [6.07, 6.45) is 2.74. The summed E-state index contributed by atoms with van der Waals surface area (Å²) in [5, 5.41) is 0. The van der Waals surface area contributed by atoms with E-state index in [-0.39, 0.29) is 17.3 Å². The molecule has 33 heavy (non-hydrogen) atoms. The monoisotopic (exact) mass is 449 g/mol. The van der Waals surface area contributed by atoms with E-state index in [1.54, 1.807) is 12.3 Å². The van der Waals surface area contributed by atoms with Crippen LogP contribution in [0.15, 0.2) is 65.8 Å². The predicted octanol–water partition coefficient (Wildman–Crippen LogP) is 6.41. The van der Waals surface area contributed by atoms with Crippen LogP contribution in [0, 0.1) is 0 Å². The number of anilines is 1. The van der Waals surface area contributed by atoms with Gasteiger partial charge in [-0.1, -0.05) is 30.3 Å². The molecule has 168 valence electrons. The normalized spacial score (nSPS) is 20.6. The number of para-hydroxylation sites is 1. The smallest absolute Gasteiger partial charge is 0.418 e. The molecule has 1 aromatic heterocycles. The quantitative estimate of drug-likeness (QED) is 0.454. The van der Waals surface area contributed by atoms with Gasteiger partial charge >= 0.3 is 6.18 Å². The minimum Gasteiger partial charge on any atom is -0.487 e. The van der Waals surface area contributed by atoms with E-state index in [0.29, 0.717) is 12.2 Å². The molecule has 1 saturated carbocycles. The maximum atomic E-state index is 13.7. The van der Waals surface area contributed by atoms with E-state index in [1.807, 2.05) is 30.3 Å². The highest BCUT2D eigenvalue weighted by molar-refractivity contribution is 5.92. The molecule has 1 unspecified atom stereocenters. The van der Waals surface area contributed by atoms with Crippen LogP contribution in [0.5, 0.6) is 5.75 Å². The predicted molar refractivity (Wildman–Crippen MR) is 121 cm³/mol. The van der Waals surface area contributed by atoms with Gasteiger partial charge in [0.15, 0.2) is 0 Å². The summed E-state index contributed by atoms with van der Waals surface area (Å²) in [6.45, 7) is 0.444. The first-order chi connectivity index (χ1) is 15.9. The molecule has 1 atom stereocenters. The standard InChI is InChI=1S/C26H22F3N3O/c27-26(28,29)20-6-3-12-31-24(20)17-8-9-18-15-30-16-32(21(18)13-17)22-14-25(10-4-11-25)33-23-7-2-1-5-19(22)23/h1-3,5-9,12-13,15,22H,4,10-11,14,16H2. The third-order valence-electron chi connectivity index (χ3n) is 7.00. The lowest BCUT2D eigenvalue weighted by molar-refractivity contribution is -0.137. The highest BCUT2D eigenvalue weighted by atomic mass is 19.4. The summed E-state index contributed by atoms with van der Waals surface area (Å²) >= 11 is 0. The number of pyridine rings is 1. The van der Waals surface area contributed by atoms with E-state index in [9.17, 15) is 13.2 Å². The first kappa shape index (κ1) is 20.3. The molecule has 3 aliphatic rings. The number of rotatable bonds is 2. The minimum atomic E-state index is -4.48. The summed E-state index contributed by atoms with van der Waals surface area (Å²) in [6, 6.07) is 15.9. The average Bonchev–Trinajstić information content (AvgIpc) is 2.81. The second-order valence-electron chi connectivity index (χ2n) is 8.99. The number of hydrogen-bond donors (Lipinski definition) is 0. The van der Waals surface area contributed by atoms with Crippen LogP contribution in [0.3, 0.4) is 0 Å². The van der Waals surface area contributed by atoms with Crippen LogP contribution in [0.4, 0.5) is 18.9 Å². The highest BCUT2D eigenvalue weighted by Gasteiger charge is 2.47. The Hall–Kier alpha value is -3.35. The third-order valence-corrected chi connectivity index (χ3v) is 7.00. The molecule has 4 nitrogen and oxygen atoms in total. The lowest BCUT2D eigenvalue weighted by Crippen LogP contribution is -2.50. The maximum absolute atomic E-state index is 13.7. The van der Waals surface area contributed by atoms with Gasteiger partial charge in [0.2, 0.25) is 0 Å². The molecular formula is C26H22F3N3O. The zero-order valence-corrected chi connectivity index (χ0v) is 17.8. The Kier molecular flexibility index (Phi) is 4.50. The van der Waals surface area contributed by atoms with Gasteiger partial charge in [0, 0.05) is 41.2 Å². The van der Waals surface area contributed by atoms with Crippen LogP contribution in [-0.4, -0.2) is 23.5 Å². The second-order valence-corrected chi connectivity index (χ2v) is 8.99. The molecule has 3 heterocycles. The zero-order chi connectivity index (χ0) is 22.6. The van der Waals surface area contributed by atoms with Gasteiger partial charge < -0.3 is 9.64 Å². The lowest BCUT2D eigenvalue weighted by Gasteiger charge is -2.50. The second kappa shape index (κ2) is 7.33. The average molecular weight is 449 g/mol. The fourth-order valence-corrected chi connectivity index (χ4v) is 5.22. The van der Waals surface area contributed by atoms with Crippen LogP contribution in [0.1, 0.15) is 48.4 Å². The SMILES string of the molecule is FC(F)(F)c1cccnc1-c1ccc2c(c1)N(C1CC3(CCC3)Oc3ccccc31)CN=C2. The van der Waals surface area contributed by atoms with Crippen molar-refractivity contribution in [3.8, 4) is 17.0 Å². The number of aliphatic imine (C=N–C) groups is 1. The van der Waals surface area contributed by atoms with Crippen LogP contribution >= 0.6 is 0 Å². The number of aromatic nitrogens is 1. The molecule has 2 aromatic carbocycles. The van der Waals surface area contributed by atoms with Crippen LogP contribution in [0.2, 0.25) is 0 Å². The molecule has 1 spiro atoms. The number of hydrogen-bond acceptors (Lipinski definition) is 4. The Balaban J connectivity index is 1.45. The summed E-state index contributed by atoms with van der Waals surface area (Å²) in [4.78, 5) is 10.9. The largest absolute Gasteiger partial charge is 0.487 e. The molecule has 3 aromatic rings. The Morgan fingerprint density at radius 2 is 1.88 bits per heavy atom. The van der Waals surface area contributed by atoms with Crippen molar-refractivity contribution in [3.63, 3.8) is 0 Å². The first-order valence-corrected chi connectivity index (χ1v) is 11.1. The van der Waals surface area contributed by atoms with Gasteiger partial charge in [-0.2, -0.15) is 13.2 Å². The number of ether oxygens (including phenoxy) is 1. The molecule has 7 heteroatoms. The van der Waals surface area contributed by atoms with Crippen molar-refractivity contribution in [2.75, 3.05) is 11.6 Å². The van der Waals surface area contributed by atoms with Gasteiger partial charge in [0.1, 0.15) is 18.0 Å². The maximum Gasteiger partial charge on any atom is 0.418 e. The zero-order valence-electron chi connectivity index (χ0n) is 17.8.